The lowest BCUT2D eigenvalue weighted by Crippen LogP contribution is -2.11. The molecule has 0 spiro atoms. The molecule has 0 unspecified atom stereocenters. The lowest BCUT2D eigenvalue weighted by molar-refractivity contribution is 0.100. The fourth-order valence-corrected chi connectivity index (χ4v) is 2.61. The molecule has 3 rings (SSSR count). The molecule has 0 amide bonds. The molecule has 0 aliphatic rings. The van der Waals surface area contributed by atoms with Crippen molar-refractivity contribution < 1.29 is 14.3 Å². The third-order valence-corrected chi connectivity index (χ3v) is 3.68. The minimum Gasteiger partial charge on any atom is -0.434 e. The van der Waals surface area contributed by atoms with Gasteiger partial charge in [-0.05, 0) is 35.7 Å². The Kier molecular flexibility index (Phi) is 3.96. The monoisotopic (exact) mass is 294 g/mol. The van der Waals surface area contributed by atoms with Crippen LogP contribution in [0.4, 0.5) is 4.79 Å². The molecule has 0 aromatic heterocycles. The second-order valence-corrected chi connectivity index (χ2v) is 5.30. The third kappa shape index (κ3) is 2.62. The van der Waals surface area contributed by atoms with Gasteiger partial charge in [-0.3, -0.25) is 0 Å². The van der Waals surface area contributed by atoms with E-state index in [1.165, 1.54) is 0 Å². The van der Waals surface area contributed by atoms with E-state index in [1.807, 2.05) is 43.3 Å². The molecule has 3 nitrogen and oxygen atoms in total. The van der Waals surface area contributed by atoms with Gasteiger partial charge >= 0.3 is 6.16 Å². The molecule has 0 heterocycles. The van der Waals surface area contributed by atoms with Crippen LogP contribution in [0.25, 0.3) is 21.5 Å². The molecular weight excluding hydrogens is 276 g/mol. The molecule has 0 saturated carbocycles. The maximum Gasteiger partial charge on any atom is 0.513 e. The minimum absolute atomic E-state index is 0.362. The molecular formula is C19H18O3. The zero-order valence-corrected chi connectivity index (χ0v) is 12.8. The smallest absolute Gasteiger partial charge is 0.434 e. The highest BCUT2D eigenvalue weighted by molar-refractivity contribution is 6.07. The molecule has 3 heteroatoms. The molecule has 0 bridgehead atoms. The fraction of sp³-hybridized carbons (Fsp3) is 0.211. The summed E-state index contributed by atoms with van der Waals surface area (Å²) in [5.74, 6) is 0.568. The molecule has 3 aromatic rings. The largest absolute Gasteiger partial charge is 0.513 e. The highest BCUT2D eigenvalue weighted by Crippen LogP contribution is 2.36. The van der Waals surface area contributed by atoms with Crippen LogP contribution in [0.2, 0.25) is 0 Å². The van der Waals surface area contributed by atoms with Crippen molar-refractivity contribution in [2.45, 2.75) is 20.3 Å². The van der Waals surface area contributed by atoms with Gasteiger partial charge < -0.3 is 9.47 Å². The molecule has 0 atom stereocenters. The van der Waals surface area contributed by atoms with Crippen LogP contribution < -0.4 is 4.74 Å². The number of carbonyl (C=O) groups is 1. The SMILES string of the molecule is CCCOC(=O)Oc1c2ccccc2cc2c(C)cccc12. The Morgan fingerprint density at radius 1 is 1.00 bits per heavy atom. The van der Waals surface area contributed by atoms with E-state index in [2.05, 4.69) is 19.1 Å². The predicted octanol–water partition coefficient (Wildman–Crippen LogP) is 5.23. The van der Waals surface area contributed by atoms with E-state index in [0.29, 0.717) is 12.4 Å². The summed E-state index contributed by atoms with van der Waals surface area (Å²) in [6.07, 6.45) is 0.117. The molecule has 0 N–H and O–H groups in total. The van der Waals surface area contributed by atoms with E-state index < -0.39 is 6.16 Å². The van der Waals surface area contributed by atoms with Crippen molar-refractivity contribution in [2.24, 2.45) is 0 Å². The topological polar surface area (TPSA) is 35.5 Å². The first-order valence-electron chi connectivity index (χ1n) is 7.46. The third-order valence-electron chi connectivity index (χ3n) is 3.68. The zero-order chi connectivity index (χ0) is 15.5. The van der Waals surface area contributed by atoms with Crippen LogP contribution >= 0.6 is 0 Å². The Morgan fingerprint density at radius 2 is 1.77 bits per heavy atom. The molecule has 0 saturated heterocycles. The summed E-state index contributed by atoms with van der Waals surface area (Å²) in [6, 6.07) is 16.0. The van der Waals surface area contributed by atoms with Gasteiger partial charge in [-0.25, -0.2) is 4.79 Å². The normalized spacial score (nSPS) is 10.8. The Morgan fingerprint density at radius 3 is 2.59 bits per heavy atom. The van der Waals surface area contributed by atoms with Crippen LogP contribution in [-0.2, 0) is 4.74 Å². The van der Waals surface area contributed by atoms with E-state index in [9.17, 15) is 4.79 Å². The Balaban J connectivity index is 2.19. The van der Waals surface area contributed by atoms with Crippen molar-refractivity contribution in [1.29, 1.82) is 0 Å². The molecule has 0 aliphatic carbocycles. The van der Waals surface area contributed by atoms with Gasteiger partial charge in [0.05, 0.1) is 6.61 Å². The highest BCUT2D eigenvalue weighted by atomic mass is 16.7. The van der Waals surface area contributed by atoms with Gasteiger partial charge in [0.15, 0.2) is 0 Å². The number of hydrogen-bond acceptors (Lipinski definition) is 3. The second kappa shape index (κ2) is 6.06. The van der Waals surface area contributed by atoms with Crippen LogP contribution in [-0.4, -0.2) is 12.8 Å². The van der Waals surface area contributed by atoms with E-state index >= 15 is 0 Å². The first kappa shape index (κ1) is 14.4. The summed E-state index contributed by atoms with van der Waals surface area (Å²) in [5.41, 5.74) is 1.15. The summed E-state index contributed by atoms with van der Waals surface area (Å²) in [6.45, 7) is 4.36. The quantitative estimate of drug-likeness (QED) is 0.377. The van der Waals surface area contributed by atoms with Crippen LogP contribution in [0, 0.1) is 6.92 Å². The molecule has 0 fully saturated rings. The van der Waals surface area contributed by atoms with E-state index in [0.717, 1.165) is 33.5 Å². The highest BCUT2D eigenvalue weighted by Gasteiger charge is 2.14. The maximum atomic E-state index is 11.9. The van der Waals surface area contributed by atoms with Gasteiger partial charge in [0.2, 0.25) is 0 Å². The number of aryl methyl sites for hydroxylation is 1. The van der Waals surface area contributed by atoms with E-state index in [4.69, 9.17) is 9.47 Å². The van der Waals surface area contributed by atoms with Crippen LogP contribution in [0.15, 0.2) is 48.5 Å². The van der Waals surface area contributed by atoms with Gasteiger partial charge in [0.1, 0.15) is 5.75 Å². The van der Waals surface area contributed by atoms with Gasteiger partial charge in [0.25, 0.3) is 0 Å². The number of rotatable bonds is 3. The second-order valence-electron chi connectivity index (χ2n) is 5.30. The van der Waals surface area contributed by atoms with Gasteiger partial charge in [-0.15, -0.1) is 0 Å². The van der Waals surface area contributed by atoms with Crippen LogP contribution in [0.5, 0.6) is 5.75 Å². The first-order valence-corrected chi connectivity index (χ1v) is 7.46. The van der Waals surface area contributed by atoms with Crippen molar-refractivity contribution in [2.75, 3.05) is 6.61 Å². The molecule has 0 radical (unpaired) electrons. The standard InChI is InChI=1S/C19H18O3/c1-3-11-21-19(20)22-18-15-9-5-4-8-14(15)12-17-13(2)7-6-10-16(17)18/h4-10,12H,3,11H2,1-2H3. The summed E-state index contributed by atoms with van der Waals surface area (Å²) in [4.78, 5) is 11.9. The van der Waals surface area contributed by atoms with Crippen molar-refractivity contribution >= 4 is 27.7 Å². The van der Waals surface area contributed by atoms with Crippen LogP contribution in [0.1, 0.15) is 18.9 Å². The summed E-state index contributed by atoms with van der Waals surface area (Å²) in [7, 11) is 0. The number of hydrogen-bond donors (Lipinski definition) is 0. The molecule has 3 aromatic carbocycles. The summed E-state index contributed by atoms with van der Waals surface area (Å²) in [5, 5.41) is 3.96. The zero-order valence-electron chi connectivity index (χ0n) is 12.8. The van der Waals surface area contributed by atoms with Crippen molar-refractivity contribution in [1.82, 2.24) is 0 Å². The summed E-state index contributed by atoms with van der Waals surface area (Å²) < 4.78 is 10.6. The Bertz CT molecular complexity index is 837. The summed E-state index contributed by atoms with van der Waals surface area (Å²) >= 11 is 0. The lowest BCUT2D eigenvalue weighted by atomic mass is 9.99. The minimum atomic E-state index is -0.652. The molecule has 0 aliphatic heterocycles. The van der Waals surface area contributed by atoms with E-state index in [-0.39, 0.29) is 0 Å². The van der Waals surface area contributed by atoms with Gasteiger partial charge in [0, 0.05) is 10.8 Å². The van der Waals surface area contributed by atoms with Gasteiger partial charge in [-0.2, -0.15) is 0 Å². The van der Waals surface area contributed by atoms with Crippen molar-refractivity contribution in [3.8, 4) is 5.75 Å². The van der Waals surface area contributed by atoms with Crippen molar-refractivity contribution in [3.05, 3.63) is 54.1 Å². The maximum absolute atomic E-state index is 11.9. The number of fused-ring (bicyclic) bond motifs is 2. The Labute approximate surface area is 129 Å². The molecule has 22 heavy (non-hydrogen) atoms. The lowest BCUT2D eigenvalue weighted by Gasteiger charge is -2.13. The number of ether oxygens (including phenoxy) is 2. The van der Waals surface area contributed by atoms with Crippen molar-refractivity contribution in [3.63, 3.8) is 0 Å². The van der Waals surface area contributed by atoms with Crippen LogP contribution in [0.3, 0.4) is 0 Å². The number of benzene rings is 3. The average molecular weight is 294 g/mol. The average Bonchev–Trinajstić information content (AvgIpc) is 2.53. The van der Waals surface area contributed by atoms with Gasteiger partial charge in [-0.1, -0.05) is 49.4 Å². The first-order chi connectivity index (χ1) is 10.7. The predicted molar refractivity (Wildman–Crippen MR) is 88.5 cm³/mol. The Hall–Kier alpha value is -2.55. The number of carbonyl (C=O) groups excluding carboxylic acids is 1. The fourth-order valence-electron chi connectivity index (χ4n) is 2.61. The van der Waals surface area contributed by atoms with E-state index in [1.54, 1.807) is 0 Å². The molecule has 112 valence electrons.